The molecule has 4 nitrogen and oxygen atoms in total. The highest BCUT2D eigenvalue weighted by Gasteiger charge is 2.34. The number of hydrogen-bond acceptors (Lipinski definition) is 3. The third-order valence-corrected chi connectivity index (χ3v) is 5.37. The number of carbonyl (C=O) groups excluding carboxylic acids is 1. The van der Waals surface area contributed by atoms with E-state index in [2.05, 4.69) is 5.32 Å². The lowest BCUT2D eigenvalue weighted by Crippen LogP contribution is -2.41. The standard InChI is InChI=1S/C21H23Cl2NO3/c1-21(2)12-18(15-11-14(26-3)6-8-19(15)27-21)24-20(25)9-5-13-4-7-16(22)17(23)10-13/h4,6-8,10-11,18H,5,9,12H2,1-3H3,(H,24,25). The van der Waals surface area contributed by atoms with Crippen molar-refractivity contribution in [2.24, 2.45) is 0 Å². The van der Waals surface area contributed by atoms with E-state index in [0.717, 1.165) is 22.6 Å². The second kappa shape index (κ2) is 7.99. The molecule has 144 valence electrons. The molecule has 0 saturated carbocycles. The molecule has 2 aromatic carbocycles. The Kier molecular flexibility index (Phi) is 5.87. The molecule has 2 aromatic rings. The molecule has 0 fully saturated rings. The Balaban J connectivity index is 1.70. The smallest absolute Gasteiger partial charge is 0.220 e. The first-order valence-corrected chi connectivity index (χ1v) is 9.63. The van der Waals surface area contributed by atoms with Gasteiger partial charge in [0, 0.05) is 18.4 Å². The van der Waals surface area contributed by atoms with E-state index in [1.807, 2.05) is 38.1 Å². The molecule has 1 aliphatic heterocycles. The lowest BCUT2D eigenvalue weighted by atomic mass is 9.89. The molecule has 1 atom stereocenters. The molecule has 0 aromatic heterocycles. The van der Waals surface area contributed by atoms with E-state index in [4.69, 9.17) is 32.7 Å². The van der Waals surface area contributed by atoms with Crippen LogP contribution < -0.4 is 14.8 Å². The topological polar surface area (TPSA) is 47.6 Å². The van der Waals surface area contributed by atoms with Gasteiger partial charge in [0.1, 0.15) is 17.1 Å². The molecule has 27 heavy (non-hydrogen) atoms. The summed E-state index contributed by atoms with van der Waals surface area (Å²) in [5.74, 6) is 1.51. The van der Waals surface area contributed by atoms with Crippen LogP contribution in [-0.4, -0.2) is 18.6 Å². The molecule has 1 N–H and O–H groups in total. The third kappa shape index (κ3) is 4.88. The van der Waals surface area contributed by atoms with E-state index >= 15 is 0 Å². The van der Waals surface area contributed by atoms with Crippen LogP contribution in [0.5, 0.6) is 11.5 Å². The Morgan fingerprint density at radius 1 is 1.22 bits per heavy atom. The molecule has 0 radical (unpaired) electrons. The first-order valence-electron chi connectivity index (χ1n) is 8.88. The molecule has 3 rings (SSSR count). The molecular formula is C21H23Cl2NO3. The van der Waals surface area contributed by atoms with E-state index in [-0.39, 0.29) is 17.6 Å². The number of nitrogens with one attached hydrogen (secondary N) is 1. The van der Waals surface area contributed by atoms with Gasteiger partial charge in [0.15, 0.2) is 0 Å². The maximum absolute atomic E-state index is 12.6. The lowest BCUT2D eigenvalue weighted by Gasteiger charge is -2.38. The van der Waals surface area contributed by atoms with Gasteiger partial charge in [-0.15, -0.1) is 0 Å². The highest BCUT2D eigenvalue weighted by Crippen LogP contribution is 2.41. The summed E-state index contributed by atoms with van der Waals surface area (Å²) in [7, 11) is 1.63. The highest BCUT2D eigenvalue weighted by atomic mass is 35.5. The quantitative estimate of drug-likeness (QED) is 0.725. The van der Waals surface area contributed by atoms with E-state index in [1.54, 1.807) is 19.2 Å². The second-order valence-corrected chi connectivity index (χ2v) is 8.15. The fourth-order valence-electron chi connectivity index (χ4n) is 3.31. The minimum Gasteiger partial charge on any atom is -0.497 e. The number of ether oxygens (including phenoxy) is 2. The van der Waals surface area contributed by atoms with Crippen molar-refractivity contribution in [1.82, 2.24) is 5.32 Å². The molecule has 0 spiro atoms. The van der Waals surface area contributed by atoms with Gasteiger partial charge in [-0.1, -0.05) is 29.3 Å². The SMILES string of the molecule is COc1ccc2c(c1)C(NC(=O)CCc1ccc(Cl)c(Cl)c1)CC(C)(C)O2. The fourth-order valence-corrected chi connectivity index (χ4v) is 3.63. The zero-order valence-electron chi connectivity index (χ0n) is 15.6. The summed E-state index contributed by atoms with van der Waals surface area (Å²) in [6, 6.07) is 11.0. The third-order valence-electron chi connectivity index (χ3n) is 4.63. The van der Waals surface area contributed by atoms with Gasteiger partial charge in [-0.2, -0.15) is 0 Å². The van der Waals surface area contributed by atoms with Crippen molar-refractivity contribution in [3.63, 3.8) is 0 Å². The number of fused-ring (bicyclic) bond motifs is 1. The number of benzene rings is 2. The van der Waals surface area contributed by atoms with E-state index in [1.165, 1.54) is 0 Å². The van der Waals surface area contributed by atoms with Crippen LogP contribution in [0.3, 0.4) is 0 Å². The van der Waals surface area contributed by atoms with Crippen molar-refractivity contribution in [3.05, 3.63) is 57.6 Å². The predicted octanol–water partition coefficient (Wildman–Crippen LogP) is 5.35. The largest absolute Gasteiger partial charge is 0.497 e. The normalized spacial score (nSPS) is 17.6. The Hall–Kier alpha value is -1.91. The van der Waals surface area contributed by atoms with Crippen LogP contribution in [0.4, 0.5) is 0 Å². The van der Waals surface area contributed by atoms with Crippen LogP contribution >= 0.6 is 23.2 Å². The average molecular weight is 408 g/mol. The monoisotopic (exact) mass is 407 g/mol. The van der Waals surface area contributed by atoms with Crippen LogP contribution in [0.1, 0.15) is 43.9 Å². The summed E-state index contributed by atoms with van der Waals surface area (Å²) >= 11 is 12.0. The van der Waals surface area contributed by atoms with Gasteiger partial charge >= 0.3 is 0 Å². The minimum absolute atomic E-state index is 0.0162. The molecule has 1 amide bonds. The molecule has 1 unspecified atom stereocenters. The van der Waals surface area contributed by atoms with Crippen molar-refractivity contribution >= 4 is 29.1 Å². The highest BCUT2D eigenvalue weighted by molar-refractivity contribution is 6.42. The van der Waals surface area contributed by atoms with E-state index in [9.17, 15) is 4.79 Å². The Morgan fingerprint density at radius 2 is 2.00 bits per heavy atom. The predicted molar refractivity (Wildman–Crippen MR) is 108 cm³/mol. The fraction of sp³-hybridized carbons (Fsp3) is 0.381. The van der Waals surface area contributed by atoms with Crippen molar-refractivity contribution in [1.29, 1.82) is 0 Å². The molecule has 6 heteroatoms. The first-order chi connectivity index (χ1) is 12.8. The molecule has 1 aliphatic rings. The summed E-state index contributed by atoms with van der Waals surface area (Å²) in [5.41, 5.74) is 1.56. The maximum Gasteiger partial charge on any atom is 0.220 e. The van der Waals surface area contributed by atoms with Crippen molar-refractivity contribution in [2.45, 2.75) is 44.8 Å². The van der Waals surface area contributed by atoms with Crippen LogP contribution in [0.2, 0.25) is 10.0 Å². The van der Waals surface area contributed by atoms with Gasteiger partial charge in [0.05, 0.1) is 23.2 Å². The first kappa shape index (κ1) is 19.8. The summed E-state index contributed by atoms with van der Waals surface area (Å²) in [6.07, 6.45) is 1.65. The maximum atomic E-state index is 12.6. The lowest BCUT2D eigenvalue weighted by molar-refractivity contribution is -0.122. The number of hydrogen-bond donors (Lipinski definition) is 1. The van der Waals surface area contributed by atoms with Crippen LogP contribution in [0.25, 0.3) is 0 Å². The van der Waals surface area contributed by atoms with Gasteiger partial charge in [-0.3, -0.25) is 4.79 Å². The van der Waals surface area contributed by atoms with Gasteiger partial charge in [-0.05, 0) is 56.2 Å². The van der Waals surface area contributed by atoms with Crippen LogP contribution in [-0.2, 0) is 11.2 Å². The van der Waals surface area contributed by atoms with Crippen molar-refractivity contribution in [2.75, 3.05) is 7.11 Å². The zero-order chi connectivity index (χ0) is 19.6. The molecular weight excluding hydrogens is 385 g/mol. The number of rotatable bonds is 5. The van der Waals surface area contributed by atoms with Gasteiger partial charge in [0.2, 0.25) is 5.91 Å². The number of aryl methyl sites for hydroxylation is 1. The summed E-state index contributed by atoms with van der Waals surface area (Å²) in [4.78, 5) is 12.6. The molecule has 0 saturated heterocycles. The average Bonchev–Trinajstić information content (AvgIpc) is 2.61. The van der Waals surface area contributed by atoms with Crippen molar-refractivity contribution < 1.29 is 14.3 Å². The molecule has 1 heterocycles. The number of methoxy groups -OCH3 is 1. The minimum atomic E-state index is -0.358. The Bertz CT molecular complexity index is 851. The Morgan fingerprint density at radius 3 is 2.70 bits per heavy atom. The molecule has 0 aliphatic carbocycles. The zero-order valence-corrected chi connectivity index (χ0v) is 17.2. The second-order valence-electron chi connectivity index (χ2n) is 7.34. The summed E-state index contributed by atoms with van der Waals surface area (Å²) in [6.45, 7) is 4.05. The van der Waals surface area contributed by atoms with Gasteiger partial charge in [-0.25, -0.2) is 0 Å². The van der Waals surface area contributed by atoms with E-state index in [0.29, 0.717) is 29.3 Å². The number of carbonyl (C=O) groups is 1. The van der Waals surface area contributed by atoms with Crippen molar-refractivity contribution in [3.8, 4) is 11.5 Å². The number of amides is 1. The Labute approximate surface area is 169 Å². The van der Waals surface area contributed by atoms with Crippen LogP contribution in [0.15, 0.2) is 36.4 Å². The van der Waals surface area contributed by atoms with Gasteiger partial charge in [0.25, 0.3) is 0 Å². The van der Waals surface area contributed by atoms with E-state index < -0.39 is 0 Å². The number of halogens is 2. The molecule has 0 bridgehead atoms. The van der Waals surface area contributed by atoms with Gasteiger partial charge < -0.3 is 14.8 Å². The van der Waals surface area contributed by atoms with Crippen LogP contribution in [0, 0.1) is 0 Å². The summed E-state index contributed by atoms with van der Waals surface area (Å²) < 4.78 is 11.4. The summed E-state index contributed by atoms with van der Waals surface area (Å²) in [5, 5.41) is 4.16.